The fraction of sp³-hybridized carbons (Fsp3) is 0.727. The largest absolute Gasteiger partial charge is 0.494 e. The van der Waals surface area contributed by atoms with E-state index in [1.807, 2.05) is 12.1 Å². The number of nitro benzene ring substituents is 1. The predicted octanol–water partition coefficient (Wildman–Crippen LogP) is 4.55. The summed E-state index contributed by atoms with van der Waals surface area (Å²) in [6.07, 6.45) is 6.92. The lowest BCUT2D eigenvalue weighted by Gasteiger charge is -2.36. The molecule has 1 aromatic carbocycles. The normalized spacial score (nSPS) is 20.1. The molecule has 6 nitrogen and oxygen atoms in total. The number of nitrogens with zero attached hydrogens (tertiary/aromatic N) is 2. The Bertz CT molecular complexity index is 694. The van der Waals surface area contributed by atoms with Crippen LogP contribution in [0.5, 0.6) is 0 Å². The van der Waals surface area contributed by atoms with Gasteiger partial charge in [0.2, 0.25) is 0 Å². The van der Waals surface area contributed by atoms with E-state index < -0.39 is 7.12 Å². The molecule has 1 aromatic rings. The molecule has 1 aliphatic heterocycles. The van der Waals surface area contributed by atoms with E-state index in [2.05, 4.69) is 32.6 Å². The van der Waals surface area contributed by atoms with E-state index in [0.29, 0.717) is 25.2 Å². The topological polar surface area (TPSA) is 64.8 Å². The molecule has 29 heavy (non-hydrogen) atoms. The average Bonchev–Trinajstić information content (AvgIpc) is 2.69. The van der Waals surface area contributed by atoms with Crippen molar-refractivity contribution in [2.24, 2.45) is 11.3 Å². The highest BCUT2D eigenvalue weighted by molar-refractivity contribution is 6.61. The molecule has 0 spiro atoms. The Kier molecular flexibility index (Phi) is 7.22. The van der Waals surface area contributed by atoms with Gasteiger partial charge in [-0.3, -0.25) is 10.1 Å². The predicted molar refractivity (Wildman–Crippen MR) is 118 cm³/mol. The van der Waals surface area contributed by atoms with Gasteiger partial charge in [0.25, 0.3) is 5.69 Å². The highest BCUT2D eigenvalue weighted by atomic mass is 16.6. The molecule has 2 fully saturated rings. The van der Waals surface area contributed by atoms with Gasteiger partial charge in [0.05, 0.1) is 4.92 Å². The van der Waals surface area contributed by atoms with Crippen LogP contribution in [0.4, 0.5) is 11.4 Å². The minimum atomic E-state index is -0.533. The molecule has 1 saturated carbocycles. The van der Waals surface area contributed by atoms with Crippen molar-refractivity contribution < 1.29 is 14.2 Å². The van der Waals surface area contributed by atoms with Gasteiger partial charge in [0, 0.05) is 37.3 Å². The second kappa shape index (κ2) is 9.48. The van der Waals surface area contributed by atoms with Gasteiger partial charge in [-0.15, -0.1) is 0 Å². The average molecular weight is 402 g/mol. The summed E-state index contributed by atoms with van der Waals surface area (Å²) in [4.78, 5) is 14.0. The molecular weight excluding hydrogens is 367 g/mol. The lowest BCUT2D eigenvalue weighted by atomic mass is 9.75. The first kappa shape index (κ1) is 22.1. The summed E-state index contributed by atoms with van der Waals surface area (Å²) in [5.41, 5.74) is 1.59. The van der Waals surface area contributed by atoms with E-state index in [9.17, 15) is 10.1 Å². The summed E-state index contributed by atoms with van der Waals surface area (Å²) in [6, 6.07) is 5.89. The Balaban J connectivity index is 1.87. The van der Waals surface area contributed by atoms with Crippen LogP contribution in [0.15, 0.2) is 18.2 Å². The molecule has 0 unspecified atom stereocenters. The third-order valence-corrected chi connectivity index (χ3v) is 5.99. The summed E-state index contributed by atoms with van der Waals surface area (Å²) in [7, 11) is -0.533. The Hall–Kier alpha value is -1.60. The van der Waals surface area contributed by atoms with Crippen molar-refractivity contribution in [1.29, 1.82) is 0 Å². The first-order valence-electron chi connectivity index (χ1n) is 11.0. The van der Waals surface area contributed by atoms with E-state index >= 15 is 0 Å². The standard InChI is InChI=1S/C22H35BN2O4/c1-17(2)12-13-24(19-8-6-5-7-9-19)20-11-10-18(14-21(20)25(26)27)23-28-15-22(3,4)16-29-23/h10-11,14,17,19H,5-9,12-13,15-16H2,1-4H3. The summed E-state index contributed by atoms with van der Waals surface area (Å²) in [5.74, 6) is 0.562. The zero-order valence-electron chi connectivity index (χ0n) is 18.4. The molecule has 0 aromatic heterocycles. The number of rotatable bonds is 7. The highest BCUT2D eigenvalue weighted by Gasteiger charge is 2.35. The van der Waals surface area contributed by atoms with Crippen molar-refractivity contribution >= 4 is 24.0 Å². The monoisotopic (exact) mass is 402 g/mol. The van der Waals surface area contributed by atoms with E-state index in [-0.39, 0.29) is 16.0 Å². The summed E-state index contributed by atoms with van der Waals surface area (Å²) in [6.45, 7) is 10.6. The van der Waals surface area contributed by atoms with Crippen LogP contribution in [0.2, 0.25) is 0 Å². The van der Waals surface area contributed by atoms with Crippen LogP contribution in [0, 0.1) is 21.4 Å². The van der Waals surface area contributed by atoms with Crippen LogP contribution in [-0.2, 0) is 9.31 Å². The zero-order chi connectivity index (χ0) is 21.0. The maximum absolute atomic E-state index is 12.0. The molecule has 0 radical (unpaired) electrons. The molecule has 160 valence electrons. The van der Waals surface area contributed by atoms with Crippen LogP contribution in [-0.4, -0.2) is 37.8 Å². The number of nitro groups is 1. The van der Waals surface area contributed by atoms with Crippen molar-refractivity contribution in [2.45, 2.75) is 72.3 Å². The maximum Gasteiger partial charge on any atom is 0.494 e. The SMILES string of the molecule is CC(C)CCN(c1ccc(B2OCC(C)(C)CO2)cc1[N+](=O)[O-])C1CCCCC1. The Morgan fingerprint density at radius 3 is 2.45 bits per heavy atom. The summed E-state index contributed by atoms with van der Waals surface area (Å²) >= 11 is 0. The van der Waals surface area contributed by atoms with Crippen molar-refractivity contribution in [3.05, 3.63) is 28.3 Å². The van der Waals surface area contributed by atoms with Gasteiger partial charge < -0.3 is 14.2 Å². The molecule has 0 N–H and O–H groups in total. The van der Waals surface area contributed by atoms with Crippen molar-refractivity contribution in [3.63, 3.8) is 0 Å². The Morgan fingerprint density at radius 1 is 1.21 bits per heavy atom. The Labute approximate surface area is 175 Å². The Morgan fingerprint density at radius 2 is 1.86 bits per heavy atom. The smallest absolute Gasteiger partial charge is 0.407 e. The number of anilines is 1. The van der Waals surface area contributed by atoms with Gasteiger partial charge in [0.1, 0.15) is 5.69 Å². The van der Waals surface area contributed by atoms with E-state index in [1.54, 1.807) is 6.07 Å². The maximum atomic E-state index is 12.0. The van der Waals surface area contributed by atoms with Crippen LogP contribution < -0.4 is 10.4 Å². The van der Waals surface area contributed by atoms with Gasteiger partial charge in [-0.05, 0) is 36.7 Å². The van der Waals surface area contributed by atoms with Crippen molar-refractivity contribution in [1.82, 2.24) is 0 Å². The van der Waals surface area contributed by atoms with Gasteiger partial charge in [-0.2, -0.15) is 0 Å². The van der Waals surface area contributed by atoms with Crippen LogP contribution in [0.3, 0.4) is 0 Å². The van der Waals surface area contributed by atoms with E-state index in [1.165, 1.54) is 19.3 Å². The third-order valence-electron chi connectivity index (χ3n) is 5.99. The van der Waals surface area contributed by atoms with Crippen molar-refractivity contribution in [3.8, 4) is 0 Å². The number of hydrogen-bond donors (Lipinski definition) is 0. The van der Waals surface area contributed by atoms with Crippen molar-refractivity contribution in [2.75, 3.05) is 24.7 Å². The van der Waals surface area contributed by atoms with Gasteiger partial charge in [0.15, 0.2) is 0 Å². The first-order valence-corrected chi connectivity index (χ1v) is 11.0. The summed E-state index contributed by atoms with van der Waals surface area (Å²) in [5, 5.41) is 12.0. The molecule has 0 atom stereocenters. The quantitative estimate of drug-likeness (QED) is 0.380. The molecule has 7 heteroatoms. The minimum absolute atomic E-state index is 0.0308. The minimum Gasteiger partial charge on any atom is -0.407 e. The fourth-order valence-electron chi connectivity index (χ4n) is 4.25. The van der Waals surface area contributed by atoms with Crippen LogP contribution in [0.25, 0.3) is 0 Å². The molecule has 1 aliphatic carbocycles. The summed E-state index contributed by atoms with van der Waals surface area (Å²) < 4.78 is 11.7. The van der Waals surface area contributed by atoms with Gasteiger partial charge in [-0.1, -0.05) is 53.0 Å². The fourth-order valence-corrected chi connectivity index (χ4v) is 4.25. The first-order chi connectivity index (χ1) is 13.8. The van der Waals surface area contributed by atoms with Crippen LogP contribution >= 0.6 is 0 Å². The number of benzene rings is 1. The zero-order valence-corrected chi connectivity index (χ0v) is 18.4. The molecule has 2 aliphatic rings. The van der Waals surface area contributed by atoms with E-state index in [4.69, 9.17) is 9.31 Å². The highest BCUT2D eigenvalue weighted by Crippen LogP contribution is 2.34. The lowest BCUT2D eigenvalue weighted by molar-refractivity contribution is -0.384. The number of hydrogen-bond acceptors (Lipinski definition) is 5. The van der Waals surface area contributed by atoms with Gasteiger partial charge in [-0.25, -0.2) is 0 Å². The molecule has 3 rings (SSSR count). The molecule has 1 saturated heterocycles. The molecule has 0 bridgehead atoms. The second-order valence-electron chi connectivity index (χ2n) is 9.79. The van der Waals surface area contributed by atoms with Crippen LogP contribution in [0.1, 0.15) is 66.2 Å². The van der Waals surface area contributed by atoms with Gasteiger partial charge >= 0.3 is 7.12 Å². The lowest BCUT2D eigenvalue weighted by Crippen LogP contribution is -2.47. The molecule has 1 heterocycles. The third kappa shape index (κ3) is 5.73. The second-order valence-corrected chi connectivity index (χ2v) is 9.79. The molecule has 0 amide bonds. The molecular formula is C22H35BN2O4. The van der Waals surface area contributed by atoms with E-state index in [0.717, 1.165) is 37.0 Å².